The molecule has 0 bridgehead atoms. The molecule has 1 atom stereocenters. The predicted octanol–water partition coefficient (Wildman–Crippen LogP) is 1.64. The highest BCUT2D eigenvalue weighted by Crippen LogP contribution is 2.10. The summed E-state index contributed by atoms with van der Waals surface area (Å²) in [4.78, 5) is 10.9. The van der Waals surface area contributed by atoms with Crippen LogP contribution in [-0.2, 0) is 0 Å². The molecule has 0 saturated heterocycles. The van der Waals surface area contributed by atoms with E-state index in [1.165, 1.54) is 0 Å². The maximum absolute atomic E-state index is 10.9. The van der Waals surface area contributed by atoms with Crippen molar-refractivity contribution in [3.05, 3.63) is 60.2 Å². The Morgan fingerprint density at radius 1 is 1.14 bits per heavy atom. The van der Waals surface area contributed by atoms with Gasteiger partial charge in [-0.25, -0.2) is 0 Å². The molecule has 1 amide bonds. The van der Waals surface area contributed by atoms with Crippen molar-refractivity contribution in [2.75, 3.05) is 18.5 Å². The molecular weight excluding hydrogens is 268 g/mol. The SMILES string of the molecule is NC(=O)c1ccc(NCC(O)COc2ccccc2)cc1. The molecule has 0 fully saturated rings. The van der Waals surface area contributed by atoms with Crippen molar-refractivity contribution >= 4 is 11.6 Å². The molecule has 0 saturated carbocycles. The molecule has 5 nitrogen and oxygen atoms in total. The monoisotopic (exact) mass is 286 g/mol. The molecule has 4 N–H and O–H groups in total. The summed E-state index contributed by atoms with van der Waals surface area (Å²) in [5.41, 5.74) is 6.42. The Morgan fingerprint density at radius 3 is 2.43 bits per heavy atom. The van der Waals surface area contributed by atoms with Crippen LogP contribution in [0.3, 0.4) is 0 Å². The van der Waals surface area contributed by atoms with Gasteiger partial charge in [0, 0.05) is 17.8 Å². The maximum Gasteiger partial charge on any atom is 0.248 e. The van der Waals surface area contributed by atoms with Gasteiger partial charge in [0.2, 0.25) is 5.91 Å². The third-order valence-corrected chi connectivity index (χ3v) is 2.90. The van der Waals surface area contributed by atoms with Gasteiger partial charge < -0.3 is 20.9 Å². The number of aliphatic hydroxyl groups is 1. The fraction of sp³-hybridized carbons (Fsp3) is 0.188. The van der Waals surface area contributed by atoms with Gasteiger partial charge >= 0.3 is 0 Å². The molecule has 21 heavy (non-hydrogen) atoms. The summed E-state index contributed by atoms with van der Waals surface area (Å²) >= 11 is 0. The van der Waals surface area contributed by atoms with Crippen LogP contribution in [0.1, 0.15) is 10.4 Å². The fourth-order valence-corrected chi connectivity index (χ4v) is 1.76. The topological polar surface area (TPSA) is 84.6 Å². The van der Waals surface area contributed by atoms with Crippen LogP contribution in [0.4, 0.5) is 5.69 Å². The number of nitrogens with one attached hydrogen (secondary N) is 1. The molecule has 2 aromatic rings. The van der Waals surface area contributed by atoms with E-state index < -0.39 is 12.0 Å². The number of para-hydroxylation sites is 1. The Balaban J connectivity index is 1.75. The highest BCUT2D eigenvalue weighted by molar-refractivity contribution is 5.93. The number of aliphatic hydroxyl groups excluding tert-OH is 1. The molecule has 0 aromatic heterocycles. The van der Waals surface area contributed by atoms with E-state index in [4.69, 9.17) is 10.5 Å². The third kappa shape index (κ3) is 4.81. The number of ether oxygens (including phenoxy) is 1. The lowest BCUT2D eigenvalue weighted by Crippen LogP contribution is -2.26. The van der Waals surface area contributed by atoms with Crippen LogP contribution < -0.4 is 15.8 Å². The zero-order chi connectivity index (χ0) is 15.1. The molecule has 110 valence electrons. The number of anilines is 1. The minimum absolute atomic E-state index is 0.205. The largest absolute Gasteiger partial charge is 0.491 e. The Kier molecular flexibility index (Phi) is 5.17. The van der Waals surface area contributed by atoms with Crippen molar-refractivity contribution in [2.24, 2.45) is 5.73 Å². The molecule has 5 heteroatoms. The maximum atomic E-state index is 10.9. The van der Waals surface area contributed by atoms with Crippen LogP contribution in [0.15, 0.2) is 54.6 Å². The van der Waals surface area contributed by atoms with Gasteiger partial charge in [0.25, 0.3) is 0 Å². The summed E-state index contributed by atoms with van der Waals surface area (Å²) < 4.78 is 5.46. The molecule has 0 heterocycles. The molecule has 0 aliphatic heterocycles. The molecule has 0 aliphatic carbocycles. The number of hydrogen-bond acceptors (Lipinski definition) is 4. The van der Waals surface area contributed by atoms with Crippen LogP contribution in [0.25, 0.3) is 0 Å². The fourth-order valence-electron chi connectivity index (χ4n) is 1.76. The minimum Gasteiger partial charge on any atom is -0.491 e. The zero-order valence-electron chi connectivity index (χ0n) is 11.5. The summed E-state index contributed by atoms with van der Waals surface area (Å²) in [7, 11) is 0. The minimum atomic E-state index is -0.638. The third-order valence-electron chi connectivity index (χ3n) is 2.90. The summed E-state index contributed by atoms with van der Waals surface area (Å²) in [5.74, 6) is 0.264. The second-order valence-electron chi connectivity index (χ2n) is 4.60. The Bertz CT molecular complexity index is 570. The van der Waals surface area contributed by atoms with E-state index in [0.29, 0.717) is 12.1 Å². The van der Waals surface area contributed by atoms with Crippen molar-refractivity contribution in [1.82, 2.24) is 0 Å². The number of carbonyl (C=O) groups excluding carboxylic acids is 1. The number of carbonyl (C=O) groups is 1. The van der Waals surface area contributed by atoms with Gasteiger partial charge in [-0.1, -0.05) is 18.2 Å². The summed E-state index contributed by atoms with van der Waals surface area (Å²) in [5, 5.41) is 12.9. The first kappa shape index (κ1) is 14.9. The Labute approximate surface area is 123 Å². The second-order valence-corrected chi connectivity index (χ2v) is 4.60. The van der Waals surface area contributed by atoms with Crippen LogP contribution in [0, 0.1) is 0 Å². The molecule has 0 radical (unpaired) electrons. The van der Waals surface area contributed by atoms with E-state index in [1.54, 1.807) is 24.3 Å². The van der Waals surface area contributed by atoms with Crippen LogP contribution in [0.5, 0.6) is 5.75 Å². The van der Waals surface area contributed by atoms with Crippen molar-refractivity contribution in [1.29, 1.82) is 0 Å². The quantitative estimate of drug-likeness (QED) is 0.722. The first-order valence-electron chi connectivity index (χ1n) is 6.65. The smallest absolute Gasteiger partial charge is 0.248 e. The van der Waals surface area contributed by atoms with Crippen LogP contribution in [-0.4, -0.2) is 30.3 Å². The summed E-state index contributed by atoms with van der Waals surface area (Å²) in [6.07, 6.45) is -0.638. The lowest BCUT2D eigenvalue weighted by atomic mass is 10.2. The first-order valence-corrected chi connectivity index (χ1v) is 6.65. The van der Waals surface area contributed by atoms with E-state index in [0.717, 1.165) is 11.4 Å². The molecule has 0 spiro atoms. The van der Waals surface area contributed by atoms with E-state index >= 15 is 0 Å². The van der Waals surface area contributed by atoms with Crippen molar-refractivity contribution in [3.63, 3.8) is 0 Å². The molecular formula is C16H18N2O3. The average Bonchev–Trinajstić information content (AvgIpc) is 2.52. The predicted molar refractivity (Wildman–Crippen MR) is 81.4 cm³/mol. The van der Waals surface area contributed by atoms with Gasteiger partial charge in [-0.15, -0.1) is 0 Å². The number of rotatable bonds is 7. The Morgan fingerprint density at radius 2 is 1.81 bits per heavy atom. The van der Waals surface area contributed by atoms with Gasteiger partial charge in [-0.2, -0.15) is 0 Å². The summed E-state index contributed by atoms with van der Waals surface area (Å²) in [6, 6.07) is 16.1. The van der Waals surface area contributed by atoms with Gasteiger partial charge in [-0.3, -0.25) is 4.79 Å². The van der Waals surface area contributed by atoms with Gasteiger partial charge in [0.1, 0.15) is 18.5 Å². The second kappa shape index (κ2) is 7.31. The van der Waals surface area contributed by atoms with Crippen LogP contribution in [0.2, 0.25) is 0 Å². The molecule has 2 aromatic carbocycles. The van der Waals surface area contributed by atoms with Crippen molar-refractivity contribution < 1.29 is 14.6 Å². The van der Waals surface area contributed by atoms with Crippen molar-refractivity contribution in [2.45, 2.75) is 6.10 Å². The van der Waals surface area contributed by atoms with Crippen molar-refractivity contribution in [3.8, 4) is 5.75 Å². The lowest BCUT2D eigenvalue weighted by Gasteiger charge is -2.14. The molecule has 0 aliphatic rings. The number of hydrogen-bond donors (Lipinski definition) is 3. The lowest BCUT2D eigenvalue weighted by molar-refractivity contribution is 0.1000. The standard InChI is InChI=1S/C16H18N2O3/c17-16(20)12-6-8-13(9-7-12)18-10-14(19)11-21-15-4-2-1-3-5-15/h1-9,14,18-19H,10-11H2,(H2,17,20). The molecule has 2 rings (SSSR count). The Hall–Kier alpha value is -2.53. The van der Waals surface area contributed by atoms with Gasteiger partial charge in [-0.05, 0) is 36.4 Å². The van der Waals surface area contributed by atoms with E-state index in [2.05, 4.69) is 5.32 Å². The molecule has 1 unspecified atom stereocenters. The number of primary amides is 1. The van der Waals surface area contributed by atoms with E-state index in [1.807, 2.05) is 30.3 Å². The normalized spacial score (nSPS) is 11.7. The highest BCUT2D eigenvalue weighted by atomic mass is 16.5. The van der Waals surface area contributed by atoms with Gasteiger partial charge in [0.15, 0.2) is 0 Å². The van der Waals surface area contributed by atoms with E-state index in [9.17, 15) is 9.90 Å². The number of nitrogens with two attached hydrogens (primary N) is 1. The highest BCUT2D eigenvalue weighted by Gasteiger charge is 2.05. The average molecular weight is 286 g/mol. The van der Waals surface area contributed by atoms with E-state index in [-0.39, 0.29) is 6.61 Å². The zero-order valence-corrected chi connectivity index (χ0v) is 11.5. The summed E-state index contributed by atoms with van der Waals surface area (Å²) in [6.45, 7) is 0.555. The van der Waals surface area contributed by atoms with Gasteiger partial charge in [0.05, 0.1) is 0 Å². The van der Waals surface area contributed by atoms with Crippen LogP contribution >= 0.6 is 0 Å². The number of amides is 1. The first-order chi connectivity index (χ1) is 10.1. The number of benzene rings is 2.